The minimum absolute atomic E-state index is 0.477. The van der Waals surface area contributed by atoms with Gasteiger partial charge in [0.1, 0.15) is 0 Å². The predicted octanol–water partition coefficient (Wildman–Crippen LogP) is 5.68. The van der Waals surface area contributed by atoms with Crippen LogP contribution in [0.5, 0.6) is 0 Å². The Labute approximate surface area is 136 Å². The highest BCUT2D eigenvalue weighted by Crippen LogP contribution is 2.29. The molecule has 2 aromatic rings. The first-order valence-electron chi connectivity index (χ1n) is 5.71. The molecule has 20 heavy (non-hydrogen) atoms. The molecule has 0 unspecified atom stereocenters. The number of hydrogen-bond acceptors (Lipinski definition) is 1. The van der Waals surface area contributed by atoms with Crippen LogP contribution in [-0.2, 0) is 12.7 Å². The van der Waals surface area contributed by atoms with Crippen molar-refractivity contribution in [3.63, 3.8) is 0 Å². The van der Waals surface area contributed by atoms with Gasteiger partial charge in [-0.15, -0.1) is 0 Å². The molecule has 2 rings (SSSR count). The van der Waals surface area contributed by atoms with Crippen LogP contribution in [0.25, 0.3) is 0 Å². The van der Waals surface area contributed by atoms with E-state index < -0.39 is 11.7 Å². The van der Waals surface area contributed by atoms with Gasteiger partial charge < -0.3 is 5.32 Å². The average Bonchev–Trinajstić information content (AvgIpc) is 2.39. The maximum absolute atomic E-state index is 12.4. The zero-order valence-corrected chi connectivity index (χ0v) is 13.9. The van der Waals surface area contributed by atoms with Crippen molar-refractivity contribution in [1.29, 1.82) is 0 Å². The fourth-order valence-electron chi connectivity index (χ4n) is 1.64. The number of benzene rings is 2. The molecule has 2 aromatic carbocycles. The second kappa shape index (κ2) is 6.34. The molecule has 106 valence electrons. The van der Waals surface area contributed by atoms with Gasteiger partial charge in [0, 0.05) is 20.3 Å². The van der Waals surface area contributed by atoms with Crippen molar-refractivity contribution in [3.05, 3.63) is 61.6 Å². The quantitative estimate of drug-likeness (QED) is 0.586. The van der Waals surface area contributed by atoms with Crippen LogP contribution in [0.15, 0.2) is 46.9 Å². The van der Waals surface area contributed by atoms with E-state index in [0.29, 0.717) is 6.54 Å². The lowest BCUT2D eigenvalue weighted by Gasteiger charge is -2.11. The van der Waals surface area contributed by atoms with Crippen molar-refractivity contribution in [1.82, 2.24) is 0 Å². The van der Waals surface area contributed by atoms with E-state index in [9.17, 15) is 13.2 Å². The van der Waals surface area contributed by atoms with Crippen molar-refractivity contribution in [2.24, 2.45) is 0 Å². The minimum Gasteiger partial charge on any atom is -0.380 e. The smallest absolute Gasteiger partial charge is 0.380 e. The van der Waals surface area contributed by atoms with E-state index in [0.717, 1.165) is 31.4 Å². The molecule has 0 atom stereocenters. The lowest BCUT2D eigenvalue weighted by atomic mass is 10.1. The Morgan fingerprint density at radius 3 is 2.30 bits per heavy atom. The molecule has 6 heteroatoms. The minimum atomic E-state index is -4.29. The predicted molar refractivity (Wildman–Crippen MR) is 85.6 cm³/mol. The van der Waals surface area contributed by atoms with Crippen molar-refractivity contribution in [2.45, 2.75) is 12.7 Å². The van der Waals surface area contributed by atoms with Crippen LogP contribution in [0.3, 0.4) is 0 Å². The molecule has 0 spiro atoms. The topological polar surface area (TPSA) is 12.0 Å². The van der Waals surface area contributed by atoms with Gasteiger partial charge in [0.2, 0.25) is 0 Å². The van der Waals surface area contributed by atoms with Crippen LogP contribution < -0.4 is 5.32 Å². The summed E-state index contributed by atoms with van der Waals surface area (Å²) in [4.78, 5) is 0. The maximum atomic E-state index is 12.4. The zero-order chi connectivity index (χ0) is 14.8. The van der Waals surface area contributed by atoms with Gasteiger partial charge in [0.05, 0.1) is 5.56 Å². The van der Waals surface area contributed by atoms with Gasteiger partial charge in [-0.05, 0) is 58.5 Å². The van der Waals surface area contributed by atoms with Crippen LogP contribution in [0.2, 0.25) is 0 Å². The summed E-state index contributed by atoms with van der Waals surface area (Å²) in [5.74, 6) is 0. The van der Waals surface area contributed by atoms with E-state index in [1.54, 1.807) is 0 Å². The molecule has 0 saturated carbocycles. The molecule has 0 aromatic heterocycles. The molecule has 0 aliphatic carbocycles. The van der Waals surface area contributed by atoms with E-state index in [1.807, 2.05) is 18.2 Å². The molecule has 0 aliphatic rings. The Hall–Kier alpha value is -0.760. The third-order valence-electron chi connectivity index (χ3n) is 2.69. The summed E-state index contributed by atoms with van der Waals surface area (Å²) in [6, 6.07) is 11.0. The summed E-state index contributed by atoms with van der Waals surface area (Å²) in [5, 5.41) is 3.21. The molecular formula is C14H10BrF3IN. The molecule has 0 radical (unpaired) electrons. The Morgan fingerprint density at radius 1 is 1.05 bits per heavy atom. The van der Waals surface area contributed by atoms with E-state index in [4.69, 9.17) is 0 Å². The molecule has 0 aliphatic heterocycles. The first-order chi connectivity index (χ1) is 9.36. The fourth-order valence-corrected chi connectivity index (χ4v) is 2.53. The van der Waals surface area contributed by atoms with E-state index in [-0.39, 0.29) is 0 Å². The van der Waals surface area contributed by atoms with E-state index in [2.05, 4.69) is 43.8 Å². The second-order valence-electron chi connectivity index (χ2n) is 4.17. The van der Waals surface area contributed by atoms with Crippen LogP contribution >= 0.6 is 38.5 Å². The highest BCUT2D eigenvalue weighted by molar-refractivity contribution is 14.1. The van der Waals surface area contributed by atoms with Crippen LogP contribution in [0.1, 0.15) is 11.1 Å². The number of alkyl halides is 3. The summed E-state index contributed by atoms with van der Waals surface area (Å²) < 4.78 is 39.3. The maximum Gasteiger partial charge on any atom is 0.416 e. The highest BCUT2D eigenvalue weighted by Gasteiger charge is 2.29. The van der Waals surface area contributed by atoms with Crippen molar-refractivity contribution < 1.29 is 13.2 Å². The van der Waals surface area contributed by atoms with Crippen LogP contribution in [0.4, 0.5) is 18.9 Å². The Bertz CT molecular complexity index is 596. The van der Waals surface area contributed by atoms with Crippen LogP contribution in [-0.4, -0.2) is 0 Å². The molecule has 0 bridgehead atoms. The molecule has 1 nitrogen and oxygen atoms in total. The number of hydrogen-bond donors (Lipinski definition) is 1. The van der Waals surface area contributed by atoms with E-state index in [1.165, 1.54) is 12.1 Å². The highest BCUT2D eigenvalue weighted by atomic mass is 127. The number of nitrogens with one attached hydrogen (secondary N) is 1. The molecule has 0 amide bonds. The summed E-state index contributed by atoms with van der Waals surface area (Å²) in [5.41, 5.74) is 1.12. The lowest BCUT2D eigenvalue weighted by molar-refractivity contribution is -0.137. The summed E-state index contributed by atoms with van der Waals surface area (Å²) in [7, 11) is 0. The van der Waals surface area contributed by atoms with Crippen molar-refractivity contribution in [3.8, 4) is 0 Å². The lowest BCUT2D eigenvalue weighted by Crippen LogP contribution is -2.06. The van der Waals surface area contributed by atoms with Gasteiger partial charge in [-0.2, -0.15) is 13.2 Å². The van der Waals surface area contributed by atoms with Gasteiger partial charge in [-0.3, -0.25) is 0 Å². The Morgan fingerprint density at radius 2 is 1.70 bits per heavy atom. The first kappa shape index (κ1) is 15.6. The Balaban J connectivity index is 2.06. The number of anilines is 1. The standard InChI is InChI=1S/C14H10BrF3IN/c15-11-5-6-12(19)13(7-11)20-8-9-1-3-10(4-2-9)14(16,17)18/h1-7,20H,8H2. The third kappa shape index (κ3) is 4.12. The number of halogens is 5. The molecular weight excluding hydrogens is 446 g/mol. The first-order valence-corrected chi connectivity index (χ1v) is 7.58. The zero-order valence-electron chi connectivity index (χ0n) is 10.1. The van der Waals surface area contributed by atoms with Gasteiger partial charge in [0.25, 0.3) is 0 Å². The monoisotopic (exact) mass is 455 g/mol. The SMILES string of the molecule is FC(F)(F)c1ccc(CNc2cc(Br)ccc2I)cc1. The van der Waals surface area contributed by atoms with Gasteiger partial charge >= 0.3 is 6.18 Å². The molecule has 0 heterocycles. The third-order valence-corrected chi connectivity index (χ3v) is 4.13. The fraction of sp³-hybridized carbons (Fsp3) is 0.143. The largest absolute Gasteiger partial charge is 0.416 e. The normalized spacial score (nSPS) is 11.4. The Kier molecular flexibility index (Phi) is 4.95. The van der Waals surface area contributed by atoms with E-state index >= 15 is 0 Å². The molecule has 1 N–H and O–H groups in total. The van der Waals surface area contributed by atoms with Gasteiger partial charge in [-0.1, -0.05) is 28.1 Å². The average molecular weight is 456 g/mol. The van der Waals surface area contributed by atoms with Crippen LogP contribution in [0, 0.1) is 3.57 Å². The number of rotatable bonds is 3. The van der Waals surface area contributed by atoms with Crippen molar-refractivity contribution >= 4 is 44.2 Å². The molecule has 0 saturated heterocycles. The molecule has 0 fully saturated rings. The van der Waals surface area contributed by atoms with Gasteiger partial charge in [0.15, 0.2) is 0 Å². The second-order valence-corrected chi connectivity index (χ2v) is 6.25. The summed E-state index contributed by atoms with van der Waals surface area (Å²) in [6.07, 6.45) is -4.29. The summed E-state index contributed by atoms with van der Waals surface area (Å²) in [6.45, 7) is 0.477. The summed E-state index contributed by atoms with van der Waals surface area (Å²) >= 11 is 5.59. The van der Waals surface area contributed by atoms with Crippen molar-refractivity contribution in [2.75, 3.05) is 5.32 Å². The van der Waals surface area contributed by atoms with Gasteiger partial charge in [-0.25, -0.2) is 0 Å².